The van der Waals surface area contributed by atoms with Crippen LogP contribution >= 0.6 is 0 Å². The molecular weight excluding hydrogens is 1120 g/mol. The summed E-state index contributed by atoms with van der Waals surface area (Å²) in [7, 11) is 0. The topological polar surface area (TPSA) is 232 Å². The fourth-order valence-corrected chi connectivity index (χ4v) is 11.5. The van der Waals surface area contributed by atoms with Crippen LogP contribution in [0.4, 0.5) is 0 Å². The van der Waals surface area contributed by atoms with Gasteiger partial charge in [-0.15, -0.1) is 0 Å². The number of carbonyl (C=O) groups is 6. The van der Waals surface area contributed by atoms with Gasteiger partial charge in [-0.3, -0.25) is 14.4 Å². The molecular formula is C75H117AlO12. The molecule has 88 heavy (non-hydrogen) atoms. The summed E-state index contributed by atoms with van der Waals surface area (Å²) in [6.45, 7) is 0. The predicted molar refractivity (Wildman–Crippen MR) is 354 cm³/mol. The fraction of sp³-hybridized carbons (Fsp3) is 0.680. The van der Waals surface area contributed by atoms with Crippen molar-refractivity contribution in [3.8, 4) is 0 Å². The van der Waals surface area contributed by atoms with Crippen LogP contribution in [-0.4, -0.2) is 68.5 Å². The third-order valence-corrected chi connectivity index (χ3v) is 16.7. The average molecular weight is 1240 g/mol. The minimum atomic E-state index is -1.07. The summed E-state index contributed by atoms with van der Waals surface area (Å²) in [6.07, 6.45) is 58.1. The van der Waals surface area contributed by atoms with Crippen LogP contribution in [0.3, 0.4) is 0 Å². The number of hydrogen-bond acceptors (Lipinski definition) is 9. The molecule has 0 aliphatic carbocycles. The number of unbranched alkanes of at least 4 members (excludes halogenated alkanes) is 42. The van der Waals surface area contributed by atoms with Crippen molar-refractivity contribution in [2.75, 3.05) is 0 Å². The molecule has 0 bridgehead atoms. The number of carboxylic acids is 6. The molecule has 0 radical (unpaired) electrons. The van der Waals surface area contributed by atoms with Crippen molar-refractivity contribution < 1.29 is 59.4 Å². The smallest absolute Gasteiger partial charge is 0.545 e. The molecule has 3 aromatic carbocycles. The fourth-order valence-electron chi connectivity index (χ4n) is 11.5. The molecule has 0 atom stereocenters. The Morgan fingerprint density at radius 1 is 0.227 bits per heavy atom. The number of rotatable bonds is 57. The molecule has 3 N–H and O–H groups in total. The predicted octanol–water partition coefficient (Wildman–Crippen LogP) is 17.4. The molecule has 0 amide bonds. The van der Waals surface area contributed by atoms with Gasteiger partial charge >= 0.3 is 35.3 Å². The molecule has 3 rings (SSSR count). The van der Waals surface area contributed by atoms with Crippen LogP contribution in [0.25, 0.3) is 0 Å². The molecule has 12 nitrogen and oxygen atoms in total. The van der Waals surface area contributed by atoms with Gasteiger partial charge in [0, 0.05) is 36.0 Å². The molecule has 0 saturated heterocycles. The molecule has 0 aliphatic heterocycles. The van der Waals surface area contributed by atoms with Crippen molar-refractivity contribution in [1.29, 1.82) is 0 Å². The van der Waals surface area contributed by atoms with E-state index in [9.17, 15) is 44.1 Å². The normalized spacial score (nSPS) is 10.8. The number of benzene rings is 3. The first-order chi connectivity index (χ1) is 42.3. The Hall–Kier alpha value is -4.99. The van der Waals surface area contributed by atoms with Gasteiger partial charge in [-0.2, -0.15) is 0 Å². The van der Waals surface area contributed by atoms with Gasteiger partial charge in [0.1, 0.15) is 0 Å². The van der Waals surface area contributed by atoms with Gasteiger partial charge in [0.05, 0.1) is 17.9 Å². The van der Waals surface area contributed by atoms with Gasteiger partial charge in [0.2, 0.25) is 0 Å². The van der Waals surface area contributed by atoms with Crippen molar-refractivity contribution in [3.05, 3.63) is 106 Å². The Morgan fingerprint density at radius 2 is 0.364 bits per heavy atom. The maximum absolute atomic E-state index is 11.1. The summed E-state index contributed by atoms with van der Waals surface area (Å²) in [4.78, 5) is 64.5. The summed E-state index contributed by atoms with van der Waals surface area (Å²) >= 11 is 0. The van der Waals surface area contributed by atoms with E-state index < -0.39 is 35.8 Å². The third-order valence-electron chi connectivity index (χ3n) is 16.7. The molecule has 0 heterocycles. The van der Waals surface area contributed by atoms with Crippen molar-refractivity contribution in [3.63, 3.8) is 0 Å². The van der Waals surface area contributed by atoms with E-state index in [-0.39, 0.29) is 17.4 Å². The Bertz CT molecular complexity index is 1950. The van der Waals surface area contributed by atoms with Gasteiger partial charge in [-0.05, 0) is 74.5 Å². The minimum Gasteiger partial charge on any atom is -0.545 e. The number of carbonyl (C=O) groups excluding carboxylic acids is 3. The van der Waals surface area contributed by atoms with E-state index in [2.05, 4.69) is 0 Å². The van der Waals surface area contributed by atoms with Gasteiger partial charge in [0.25, 0.3) is 0 Å². The van der Waals surface area contributed by atoms with Gasteiger partial charge in [-0.1, -0.05) is 323 Å². The molecule has 0 aromatic heterocycles. The van der Waals surface area contributed by atoms with Crippen LogP contribution < -0.4 is 15.3 Å². The molecule has 492 valence electrons. The SMILES string of the molecule is O=C(O)CCCCCCCCCCCCCCCCCc1ccccc1C(=O)[O-].O=C(O)CCCCCCCCCCCCCCCCCc1ccccc1C(=O)[O-].O=C(O)CCCCCCCCCCCCCCCCCc1ccccc1C(=O)[O-].[Al+3]. The quantitative estimate of drug-likeness (QED) is 0.0354. The van der Waals surface area contributed by atoms with E-state index in [0.717, 1.165) is 113 Å². The van der Waals surface area contributed by atoms with Crippen molar-refractivity contribution in [2.24, 2.45) is 0 Å². The zero-order valence-corrected chi connectivity index (χ0v) is 55.7. The van der Waals surface area contributed by atoms with Gasteiger partial charge in [0.15, 0.2) is 0 Å². The maximum atomic E-state index is 11.1. The second-order valence-corrected chi connectivity index (χ2v) is 24.4. The molecule has 0 spiro atoms. The summed E-state index contributed by atoms with van der Waals surface area (Å²) in [5.74, 6) is -5.25. The minimum absolute atomic E-state index is 0. The first-order valence-electron chi connectivity index (χ1n) is 34.9. The molecule has 0 saturated carbocycles. The molecule has 0 fully saturated rings. The number of aryl methyl sites for hydroxylation is 3. The van der Waals surface area contributed by atoms with Crippen molar-refractivity contribution in [1.82, 2.24) is 0 Å². The molecule has 3 aromatic rings. The van der Waals surface area contributed by atoms with Crippen molar-refractivity contribution in [2.45, 2.75) is 327 Å². The second kappa shape index (κ2) is 60.9. The summed E-state index contributed by atoms with van der Waals surface area (Å²) in [5, 5.41) is 59.0. The Balaban J connectivity index is 0.00000128. The number of aliphatic carboxylic acids is 3. The monoisotopic (exact) mass is 1240 g/mol. The molecule has 0 unspecified atom stereocenters. The van der Waals surface area contributed by atoms with Crippen LogP contribution in [0, 0.1) is 0 Å². The van der Waals surface area contributed by atoms with E-state index in [1.807, 2.05) is 36.4 Å². The van der Waals surface area contributed by atoms with E-state index >= 15 is 0 Å². The van der Waals surface area contributed by atoms with Gasteiger partial charge in [-0.25, -0.2) is 0 Å². The summed E-state index contributed by atoms with van der Waals surface area (Å²) in [6, 6.07) is 21.5. The largest absolute Gasteiger partial charge is 3.00 e. The first kappa shape index (κ1) is 83.0. The Labute approximate surface area is 543 Å². The maximum Gasteiger partial charge on any atom is 3.00 e. The van der Waals surface area contributed by atoms with Gasteiger partial charge < -0.3 is 45.0 Å². The number of carboxylic acid groups (broad SMARTS) is 6. The number of hydrogen-bond donors (Lipinski definition) is 3. The number of aromatic carboxylic acids is 3. The van der Waals surface area contributed by atoms with E-state index in [1.54, 1.807) is 36.4 Å². The zero-order chi connectivity index (χ0) is 63.5. The van der Waals surface area contributed by atoms with E-state index in [4.69, 9.17) is 15.3 Å². The zero-order valence-electron chi connectivity index (χ0n) is 54.6. The van der Waals surface area contributed by atoms with Crippen molar-refractivity contribution >= 4 is 53.2 Å². The van der Waals surface area contributed by atoms with E-state index in [1.165, 1.54) is 212 Å². The van der Waals surface area contributed by atoms with Crippen LogP contribution in [0.1, 0.15) is 356 Å². The first-order valence-corrected chi connectivity index (χ1v) is 34.9. The summed E-state index contributed by atoms with van der Waals surface area (Å²) < 4.78 is 0. The van der Waals surface area contributed by atoms with Crippen LogP contribution in [0.15, 0.2) is 72.8 Å². The third kappa shape index (κ3) is 51.9. The van der Waals surface area contributed by atoms with Crippen LogP contribution in [-0.2, 0) is 33.6 Å². The second-order valence-electron chi connectivity index (χ2n) is 24.4. The molecule has 0 aliphatic rings. The standard InChI is InChI=1S/3C25H40O4.Al/c3*26-24(27)21-15-13-11-9-7-5-3-1-2-4-6-8-10-12-14-18-22-19-16-17-20-23(22)25(28)29;/h3*16-17,19-20H,1-15,18,21H2,(H,26,27)(H,28,29);/q;;;+3/p-3. The average Bonchev–Trinajstić information content (AvgIpc) is 3.71. The molecule has 13 heteroatoms. The Morgan fingerprint density at radius 3 is 0.511 bits per heavy atom. The summed E-state index contributed by atoms with van der Waals surface area (Å²) in [5.41, 5.74) is 3.70. The van der Waals surface area contributed by atoms with Crippen LogP contribution in [0.5, 0.6) is 0 Å². The Kier molecular flexibility index (Phi) is 57.4. The van der Waals surface area contributed by atoms with Crippen LogP contribution in [0.2, 0.25) is 0 Å². The van der Waals surface area contributed by atoms with E-state index in [0.29, 0.717) is 36.0 Å².